The van der Waals surface area contributed by atoms with Crippen LogP contribution in [0.2, 0.25) is 0 Å². The van der Waals surface area contributed by atoms with E-state index < -0.39 is 0 Å². The zero-order valence-electron chi connectivity index (χ0n) is 14.4. The van der Waals surface area contributed by atoms with E-state index in [1.807, 2.05) is 38.1 Å². The number of hydrogen-bond acceptors (Lipinski definition) is 4. The summed E-state index contributed by atoms with van der Waals surface area (Å²) >= 11 is 5.19. The number of carbonyl (C=O) groups is 1. The molecule has 2 N–H and O–H groups in total. The number of amides is 1. The molecule has 0 bridgehead atoms. The summed E-state index contributed by atoms with van der Waals surface area (Å²) in [5.74, 6) is 0.324. The number of nitrogens with one attached hydrogen (secondary N) is 2. The van der Waals surface area contributed by atoms with Crippen LogP contribution in [0.25, 0.3) is 0 Å². The van der Waals surface area contributed by atoms with E-state index in [1.165, 1.54) is 0 Å². The highest BCUT2D eigenvalue weighted by molar-refractivity contribution is 7.80. The van der Waals surface area contributed by atoms with E-state index in [4.69, 9.17) is 21.7 Å². The molecule has 2 rings (SSSR count). The molecule has 0 radical (unpaired) electrons. The van der Waals surface area contributed by atoms with Crippen molar-refractivity contribution >= 4 is 28.9 Å². The monoisotopic (exact) mass is 358 g/mol. The van der Waals surface area contributed by atoms with E-state index >= 15 is 0 Å². The van der Waals surface area contributed by atoms with Gasteiger partial charge in [0, 0.05) is 17.9 Å². The van der Waals surface area contributed by atoms with Crippen LogP contribution in [0, 0.1) is 6.92 Å². The summed E-state index contributed by atoms with van der Waals surface area (Å²) in [7, 11) is 0. The number of aryl methyl sites for hydroxylation is 1. The molecule has 5 nitrogen and oxygen atoms in total. The predicted molar refractivity (Wildman–Crippen MR) is 103 cm³/mol. The van der Waals surface area contributed by atoms with Gasteiger partial charge in [-0.05, 0) is 56.4 Å². The maximum atomic E-state index is 12.3. The molecule has 0 heterocycles. The van der Waals surface area contributed by atoms with E-state index in [-0.39, 0.29) is 11.0 Å². The zero-order chi connectivity index (χ0) is 18.1. The maximum Gasteiger partial charge on any atom is 0.257 e. The number of hydrogen-bond donors (Lipinski definition) is 2. The summed E-state index contributed by atoms with van der Waals surface area (Å²) in [6.45, 7) is 5.53. The first-order chi connectivity index (χ1) is 12.1. The first kappa shape index (κ1) is 18.9. The summed E-state index contributed by atoms with van der Waals surface area (Å²) in [5.41, 5.74) is 2.45. The van der Waals surface area contributed by atoms with Gasteiger partial charge in [0.1, 0.15) is 12.4 Å². The number of rotatable bonds is 7. The van der Waals surface area contributed by atoms with Gasteiger partial charge in [0.15, 0.2) is 5.11 Å². The highest BCUT2D eigenvalue weighted by Crippen LogP contribution is 2.13. The average molecular weight is 358 g/mol. The summed E-state index contributed by atoms with van der Waals surface area (Å²) in [4.78, 5) is 12.3. The summed E-state index contributed by atoms with van der Waals surface area (Å²) in [6.07, 6.45) is 0. The molecule has 25 heavy (non-hydrogen) atoms. The van der Waals surface area contributed by atoms with Crippen molar-refractivity contribution in [2.75, 3.05) is 25.1 Å². The molecule has 0 unspecified atom stereocenters. The Morgan fingerprint density at radius 2 is 1.88 bits per heavy atom. The quantitative estimate of drug-likeness (QED) is 0.586. The van der Waals surface area contributed by atoms with Gasteiger partial charge in [-0.15, -0.1) is 0 Å². The molecule has 0 saturated heterocycles. The lowest BCUT2D eigenvalue weighted by atomic mass is 10.2. The van der Waals surface area contributed by atoms with Crippen LogP contribution < -0.4 is 15.4 Å². The van der Waals surface area contributed by atoms with E-state index in [0.29, 0.717) is 31.1 Å². The Balaban J connectivity index is 1.89. The van der Waals surface area contributed by atoms with Crippen molar-refractivity contribution in [1.82, 2.24) is 5.32 Å². The second kappa shape index (κ2) is 9.76. The Morgan fingerprint density at radius 3 is 2.60 bits per heavy atom. The molecule has 2 aromatic rings. The Kier molecular flexibility index (Phi) is 7.37. The fourth-order valence-corrected chi connectivity index (χ4v) is 2.27. The third kappa shape index (κ3) is 6.52. The second-order valence-corrected chi connectivity index (χ2v) is 5.76. The number of carbonyl (C=O) groups excluding carboxylic acids is 1. The molecule has 0 aromatic heterocycles. The van der Waals surface area contributed by atoms with Crippen molar-refractivity contribution in [2.45, 2.75) is 13.8 Å². The SMILES string of the molecule is CCOCCOc1cccc(C(=O)NC(=S)Nc2ccc(C)cc2)c1. The fraction of sp³-hybridized carbons (Fsp3) is 0.263. The first-order valence-corrected chi connectivity index (χ1v) is 8.49. The molecule has 1 amide bonds. The van der Waals surface area contributed by atoms with E-state index in [9.17, 15) is 4.79 Å². The normalized spacial score (nSPS) is 10.2. The maximum absolute atomic E-state index is 12.3. The Morgan fingerprint density at radius 1 is 1.12 bits per heavy atom. The molecular weight excluding hydrogens is 336 g/mol. The Labute approximate surface area is 153 Å². The van der Waals surface area contributed by atoms with Crippen LogP contribution in [0.15, 0.2) is 48.5 Å². The fourth-order valence-electron chi connectivity index (χ4n) is 2.06. The van der Waals surface area contributed by atoms with Crippen molar-refractivity contribution in [1.29, 1.82) is 0 Å². The minimum absolute atomic E-state index is 0.247. The summed E-state index contributed by atoms with van der Waals surface area (Å²) < 4.78 is 10.8. The van der Waals surface area contributed by atoms with E-state index in [2.05, 4.69) is 10.6 Å². The third-order valence-electron chi connectivity index (χ3n) is 3.33. The van der Waals surface area contributed by atoms with Gasteiger partial charge >= 0.3 is 0 Å². The summed E-state index contributed by atoms with van der Waals surface area (Å²) in [5, 5.41) is 5.90. The number of benzene rings is 2. The molecule has 6 heteroatoms. The average Bonchev–Trinajstić information content (AvgIpc) is 2.61. The molecule has 0 aliphatic carbocycles. The zero-order valence-corrected chi connectivity index (χ0v) is 15.2. The van der Waals surface area contributed by atoms with Crippen molar-refractivity contribution in [2.24, 2.45) is 0 Å². The molecule has 0 atom stereocenters. The second-order valence-electron chi connectivity index (χ2n) is 5.35. The van der Waals surface area contributed by atoms with Gasteiger partial charge in [-0.25, -0.2) is 0 Å². The lowest BCUT2D eigenvalue weighted by molar-refractivity contribution is 0.0976. The Hall–Kier alpha value is -2.44. The van der Waals surface area contributed by atoms with Crippen molar-refractivity contribution < 1.29 is 14.3 Å². The lowest BCUT2D eigenvalue weighted by Gasteiger charge is -2.11. The summed E-state index contributed by atoms with van der Waals surface area (Å²) in [6, 6.07) is 14.7. The van der Waals surface area contributed by atoms with Crippen molar-refractivity contribution in [3.8, 4) is 5.75 Å². The molecule has 0 saturated carbocycles. The smallest absolute Gasteiger partial charge is 0.257 e. The molecule has 0 spiro atoms. The number of thiocarbonyl (C=S) groups is 1. The van der Waals surface area contributed by atoms with Crippen LogP contribution in [-0.2, 0) is 4.74 Å². The van der Waals surface area contributed by atoms with E-state index in [1.54, 1.807) is 24.3 Å². The van der Waals surface area contributed by atoms with E-state index in [0.717, 1.165) is 11.3 Å². The number of anilines is 1. The van der Waals surface area contributed by atoms with Crippen LogP contribution in [0.5, 0.6) is 5.75 Å². The lowest BCUT2D eigenvalue weighted by Crippen LogP contribution is -2.34. The molecule has 2 aromatic carbocycles. The van der Waals surface area contributed by atoms with Gasteiger partial charge in [-0.2, -0.15) is 0 Å². The highest BCUT2D eigenvalue weighted by atomic mass is 32.1. The third-order valence-corrected chi connectivity index (χ3v) is 3.54. The molecule has 0 aliphatic heterocycles. The molecule has 0 aliphatic rings. The largest absolute Gasteiger partial charge is 0.491 e. The van der Waals surface area contributed by atoms with Crippen LogP contribution in [0.1, 0.15) is 22.8 Å². The van der Waals surface area contributed by atoms with Gasteiger partial charge in [-0.3, -0.25) is 10.1 Å². The van der Waals surface area contributed by atoms with Crippen LogP contribution in [0.4, 0.5) is 5.69 Å². The highest BCUT2D eigenvalue weighted by Gasteiger charge is 2.09. The molecule has 132 valence electrons. The van der Waals surface area contributed by atoms with Crippen molar-refractivity contribution in [3.05, 3.63) is 59.7 Å². The van der Waals surface area contributed by atoms with Gasteiger partial charge in [0.2, 0.25) is 0 Å². The van der Waals surface area contributed by atoms with Crippen molar-refractivity contribution in [3.63, 3.8) is 0 Å². The van der Waals surface area contributed by atoms with Crippen LogP contribution >= 0.6 is 12.2 Å². The van der Waals surface area contributed by atoms with Gasteiger partial charge in [-0.1, -0.05) is 23.8 Å². The molecular formula is C19H22N2O3S. The minimum Gasteiger partial charge on any atom is -0.491 e. The molecule has 0 fully saturated rings. The van der Waals surface area contributed by atoms with Gasteiger partial charge in [0.05, 0.1) is 6.61 Å². The van der Waals surface area contributed by atoms with Gasteiger partial charge < -0.3 is 14.8 Å². The predicted octanol–water partition coefficient (Wildman–Crippen LogP) is 3.54. The number of ether oxygens (including phenoxy) is 2. The topological polar surface area (TPSA) is 59.6 Å². The van der Waals surface area contributed by atoms with Crippen LogP contribution in [-0.4, -0.2) is 30.8 Å². The standard InChI is InChI=1S/C19H22N2O3S/c1-3-23-11-12-24-17-6-4-5-15(13-17)18(22)21-19(25)20-16-9-7-14(2)8-10-16/h4-10,13H,3,11-12H2,1-2H3,(H2,20,21,22,25). The first-order valence-electron chi connectivity index (χ1n) is 8.08. The van der Waals surface area contributed by atoms with Crippen LogP contribution in [0.3, 0.4) is 0 Å². The van der Waals surface area contributed by atoms with Gasteiger partial charge in [0.25, 0.3) is 5.91 Å². The Bertz CT molecular complexity index is 717. The minimum atomic E-state index is -0.292.